The third kappa shape index (κ3) is 6.81. The molecule has 2 N–H and O–H groups in total. The number of carbonyl (C=O) groups excluding carboxylic acids is 2. The maximum absolute atomic E-state index is 13.6. The zero-order chi connectivity index (χ0) is 28.2. The Kier molecular flexibility index (Phi) is 8.32. The number of aryl methyl sites for hydroxylation is 2. The smallest absolute Gasteiger partial charge is 0.406 e. The van der Waals surface area contributed by atoms with Gasteiger partial charge in [-0.15, -0.1) is 13.2 Å². The fourth-order valence-corrected chi connectivity index (χ4v) is 4.46. The van der Waals surface area contributed by atoms with Crippen LogP contribution in [-0.2, 0) is 6.54 Å². The van der Waals surface area contributed by atoms with Gasteiger partial charge in [-0.3, -0.25) is 9.69 Å². The van der Waals surface area contributed by atoms with Crippen LogP contribution in [0.3, 0.4) is 0 Å². The van der Waals surface area contributed by atoms with Crippen LogP contribution in [0.5, 0.6) is 5.75 Å². The van der Waals surface area contributed by atoms with E-state index in [4.69, 9.17) is 5.73 Å². The molecule has 2 aromatic heterocycles. The lowest BCUT2D eigenvalue weighted by atomic mass is 10.2. The van der Waals surface area contributed by atoms with E-state index < -0.39 is 18.1 Å². The molecule has 1 fully saturated rings. The number of rotatable bonds is 8. The number of nitrogens with zero attached hydrogens (tertiary/aromatic N) is 5. The van der Waals surface area contributed by atoms with E-state index in [-0.39, 0.29) is 11.6 Å². The molecule has 1 saturated heterocycles. The third-order valence-electron chi connectivity index (χ3n) is 6.45. The van der Waals surface area contributed by atoms with Crippen molar-refractivity contribution in [3.63, 3.8) is 0 Å². The van der Waals surface area contributed by atoms with E-state index >= 15 is 0 Å². The van der Waals surface area contributed by atoms with Gasteiger partial charge >= 0.3 is 12.4 Å². The van der Waals surface area contributed by atoms with E-state index in [1.165, 1.54) is 12.1 Å². The quantitative estimate of drug-likeness (QED) is 0.427. The Bertz CT molecular complexity index is 1280. The number of aromatic nitrogens is 2. The van der Waals surface area contributed by atoms with Crippen molar-refractivity contribution in [2.45, 2.75) is 39.6 Å². The third-order valence-corrected chi connectivity index (χ3v) is 6.45. The first kappa shape index (κ1) is 27.8. The summed E-state index contributed by atoms with van der Waals surface area (Å²) in [6.45, 7) is 6.83. The minimum absolute atomic E-state index is 0.174. The number of primary amides is 1. The fraction of sp³-hybridized carbons (Fsp3) is 0.370. The Balaban J connectivity index is 1.55. The monoisotopic (exact) mass is 544 g/mol. The number of alkyl halides is 3. The van der Waals surface area contributed by atoms with Crippen LogP contribution in [0.25, 0.3) is 0 Å². The van der Waals surface area contributed by atoms with Gasteiger partial charge < -0.3 is 24.8 Å². The summed E-state index contributed by atoms with van der Waals surface area (Å²) in [7, 11) is 0. The number of halogens is 3. The van der Waals surface area contributed by atoms with E-state index in [0.717, 1.165) is 41.3 Å². The van der Waals surface area contributed by atoms with Crippen molar-refractivity contribution in [2.24, 2.45) is 5.73 Å². The molecule has 3 aromatic rings. The molecular formula is C27H31F3N6O3. The fourth-order valence-electron chi connectivity index (χ4n) is 4.46. The summed E-state index contributed by atoms with van der Waals surface area (Å²) in [4.78, 5) is 35.6. The largest absolute Gasteiger partial charge is 0.573 e. The molecule has 0 saturated carbocycles. The number of ether oxygens (including phenoxy) is 1. The second-order valence-electron chi connectivity index (χ2n) is 9.32. The molecule has 0 aliphatic carbocycles. The van der Waals surface area contributed by atoms with Gasteiger partial charge in [0.1, 0.15) is 17.3 Å². The van der Waals surface area contributed by atoms with Crippen LogP contribution < -0.4 is 20.3 Å². The maximum atomic E-state index is 13.6. The van der Waals surface area contributed by atoms with Crippen molar-refractivity contribution < 1.29 is 27.5 Å². The summed E-state index contributed by atoms with van der Waals surface area (Å²) in [6.07, 6.45) is 0.348. The van der Waals surface area contributed by atoms with Crippen LogP contribution in [-0.4, -0.2) is 58.9 Å². The molecule has 0 radical (unpaired) electrons. The topological polar surface area (TPSA) is 96.9 Å². The van der Waals surface area contributed by atoms with Crippen molar-refractivity contribution in [2.75, 3.05) is 36.0 Å². The van der Waals surface area contributed by atoms with Gasteiger partial charge in [0.25, 0.3) is 5.91 Å². The lowest BCUT2D eigenvalue weighted by Gasteiger charge is -2.35. The first-order valence-corrected chi connectivity index (χ1v) is 12.7. The number of urea groups is 1. The molecule has 3 heterocycles. The molecule has 12 heteroatoms. The number of pyridine rings is 1. The predicted octanol–water partition coefficient (Wildman–Crippen LogP) is 5.07. The summed E-state index contributed by atoms with van der Waals surface area (Å²) in [5.41, 5.74) is 7.72. The Morgan fingerprint density at radius 2 is 1.74 bits per heavy atom. The lowest BCUT2D eigenvalue weighted by Crippen LogP contribution is -2.49. The SMILES string of the molecule is CCCCn1cc(N(C(N)=O)c2ccc(OC(F)(F)F)cc2)cc1C(=O)N1CCN(c2ccc(C)cn2)CC1. The van der Waals surface area contributed by atoms with Crippen LogP contribution in [0.4, 0.5) is 35.2 Å². The number of carbonyl (C=O) groups is 2. The van der Waals surface area contributed by atoms with E-state index in [9.17, 15) is 22.8 Å². The molecule has 39 heavy (non-hydrogen) atoms. The van der Waals surface area contributed by atoms with Crippen LogP contribution in [0, 0.1) is 6.92 Å². The van der Waals surface area contributed by atoms with Gasteiger partial charge in [0.15, 0.2) is 0 Å². The Morgan fingerprint density at radius 1 is 1.05 bits per heavy atom. The number of piperazine rings is 1. The molecule has 0 atom stereocenters. The molecule has 1 aromatic carbocycles. The van der Waals surface area contributed by atoms with E-state index in [0.29, 0.717) is 44.1 Å². The average molecular weight is 545 g/mol. The number of hydrogen-bond donors (Lipinski definition) is 1. The molecular weight excluding hydrogens is 513 g/mol. The Labute approximate surface area is 224 Å². The molecule has 3 amide bonds. The summed E-state index contributed by atoms with van der Waals surface area (Å²) < 4.78 is 43.3. The first-order chi connectivity index (χ1) is 18.6. The Morgan fingerprint density at radius 3 is 2.31 bits per heavy atom. The van der Waals surface area contributed by atoms with Gasteiger partial charge in [0.2, 0.25) is 0 Å². The number of unbranched alkanes of at least 4 members (excludes halogenated alkanes) is 1. The van der Waals surface area contributed by atoms with Gasteiger partial charge in [-0.05, 0) is 55.3 Å². The molecule has 1 aliphatic heterocycles. The minimum atomic E-state index is -4.83. The van der Waals surface area contributed by atoms with Gasteiger partial charge in [0, 0.05) is 45.1 Å². The maximum Gasteiger partial charge on any atom is 0.573 e. The van der Waals surface area contributed by atoms with E-state index in [1.807, 2.05) is 32.2 Å². The molecule has 4 rings (SSSR count). The summed E-state index contributed by atoms with van der Waals surface area (Å²) >= 11 is 0. The van der Waals surface area contributed by atoms with E-state index in [1.54, 1.807) is 21.7 Å². The first-order valence-electron chi connectivity index (χ1n) is 12.7. The summed E-state index contributed by atoms with van der Waals surface area (Å²) in [5.74, 6) is 0.268. The van der Waals surface area contributed by atoms with Crippen molar-refractivity contribution in [3.05, 3.63) is 66.1 Å². The van der Waals surface area contributed by atoms with Gasteiger partial charge in [-0.2, -0.15) is 0 Å². The molecule has 1 aliphatic rings. The minimum Gasteiger partial charge on any atom is -0.406 e. The molecule has 208 valence electrons. The number of amides is 3. The molecule has 0 unspecified atom stereocenters. The van der Waals surface area contributed by atoms with Gasteiger partial charge in [0.05, 0.1) is 11.4 Å². The standard InChI is InChI=1S/C27H31F3N6O3/c1-3-4-11-35-18-21(36(26(31)38)20-6-8-22(9-7-20)39-27(28,29)30)16-23(35)25(37)34-14-12-33(13-15-34)24-10-5-19(2)17-32-24/h5-10,16-18H,3-4,11-15H2,1-2H3,(H2,31,38). The highest BCUT2D eigenvalue weighted by Gasteiger charge is 2.31. The molecule has 9 nitrogen and oxygen atoms in total. The highest BCUT2D eigenvalue weighted by molar-refractivity contribution is 6.01. The van der Waals surface area contributed by atoms with Gasteiger partial charge in [-0.1, -0.05) is 19.4 Å². The second kappa shape index (κ2) is 11.7. The molecule has 0 spiro atoms. The van der Waals surface area contributed by atoms with Crippen molar-refractivity contribution in [3.8, 4) is 5.75 Å². The van der Waals surface area contributed by atoms with Crippen LogP contribution in [0.15, 0.2) is 54.9 Å². The number of benzene rings is 1. The highest BCUT2D eigenvalue weighted by Crippen LogP contribution is 2.31. The zero-order valence-corrected chi connectivity index (χ0v) is 21.8. The second-order valence-corrected chi connectivity index (χ2v) is 9.32. The van der Waals surface area contributed by atoms with E-state index in [2.05, 4.69) is 14.6 Å². The van der Waals surface area contributed by atoms with Crippen LogP contribution >= 0.6 is 0 Å². The highest BCUT2D eigenvalue weighted by atomic mass is 19.4. The van der Waals surface area contributed by atoms with Crippen molar-refractivity contribution in [1.29, 1.82) is 0 Å². The van der Waals surface area contributed by atoms with Crippen LogP contribution in [0.1, 0.15) is 35.8 Å². The van der Waals surface area contributed by atoms with Crippen molar-refractivity contribution >= 4 is 29.1 Å². The molecule has 0 bridgehead atoms. The van der Waals surface area contributed by atoms with Crippen molar-refractivity contribution in [1.82, 2.24) is 14.5 Å². The average Bonchev–Trinajstić information content (AvgIpc) is 3.31. The Hall–Kier alpha value is -4.22. The summed E-state index contributed by atoms with van der Waals surface area (Å²) in [6, 6.07) is 9.52. The number of hydrogen-bond acceptors (Lipinski definition) is 5. The normalized spacial score (nSPS) is 13.9. The number of anilines is 3. The summed E-state index contributed by atoms with van der Waals surface area (Å²) in [5, 5.41) is 0. The zero-order valence-electron chi connectivity index (χ0n) is 21.8. The van der Waals surface area contributed by atoms with Gasteiger partial charge in [-0.25, -0.2) is 9.78 Å². The predicted molar refractivity (Wildman–Crippen MR) is 141 cm³/mol. The van der Waals surface area contributed by atoms with Crippen LogP contribution in [0.2, 0.25) is 0 Å². The number of nitrogens with two attached hydrogens (primary N) is 1. The lowest BCUT2D eigenvalue weighted by molar-refractivity contribution is -0.274.